The van der Waals surface area contributed by atoms with E-state index >= 15 is 0 Å². The molecular weight excluding hydrogens is 164 g/mol. The molecule has 60 valence electrons. The maximum Gasteiger partial charge on any atom is 0.167 e. The highest BCUT2D eigenvalue weighted by molar-refractivity contribution is 6.32. The van der Waals surface area contributed by atoms with E-state index in [9.17, 15) is 4.79 Å². The van der Waals surface area contributed by atoms with Crippen molar-refractivity contribution in [2.45, 2.75) is 13.3 Å². The van der Waals surface area contributed by atoms with Gasteiger partial charge in [-0.2, -0.15) is 5.10 Å². The third kappa shape index (κ3) is 1.60. The van der Waals surface area contributed by atoms with Crippen molar-refractivity contribution in [2.24, 2.45) is 7.05 Å². The highest BCUT2D eigenvalue weighted by Crippen LogP contribution is 2.13. The molecule has 0 unspecified atom stereocenters. The van der Waals surface area contributed by atoms with Crippen LogP contribution in [0.25, 0.3) is 0 Å². The van der Waals surface area contributed by atoms with Crippen molar-refractivity contribution in [3.63, 3.8) is 0 Å². The molecule has 0 aliphatic heterocycles. The van der Waals surface area contributed by atoms with Gasteiger partial charge < -0.3 is 0 Å². The van der Waals surface area contributed by atoms with E-state index in [0.717, 1.165) is 0 Å². The number of carbonyl (C=O) groups excluding carboxylic acids is 1. The van der Waals surface area contributed by atoms with Crippen molar-refractivity contribution in [1.29, 1.82) is 0 Å². The quantitative estimate of drug-likeness (QED) is 0.636. The molecule has 0 bridgehead atoms. The largest absolute Gasteiger partial charge is 0.294 e. The van der Waals surface area contributed by atoms with E-state index in [4.69, 9.17) is 11.6 Å². The van der Waals surface area contributed by atoms with Crippen LogP contribution in [0.1, 0.15) is 23.7 Å². The molecule has 0 aromatic carbocycles. The summed E-state index contributed by atoms with van der Waals surface area (Å²) in [6.07, 6.45) is 2.10. The normalized spacial score (nSPS) is 10.1. The van der Waals surface area contributed by atoms with Gasteiger partial charge in [0.25, 0.3) is 0 Å². The van der Waals surface area contributed by atoms with E-state index in [1.54, 1.807) is 20.2 Å². The third-order valence-corrected chi connectivity index (χ3v) is 1.68. The topological polar surface area (TPSA) is 34.9 Å². The first-order chi connectivity index (χ1) is 5.15. The van der Waals surface area contributed by atoms with Crippen LogP contribution in [0.3, 0.4) is 0 Å². The number of rotatable bonds is 2. The number of halogens is 1. The Morgan fingerprint density at radius 2 is 2.45 bits per heavy atom. The van der Waals surface area contributed by atoms with Gasteiger partial charge in [-0.1, -0.05) is 18.5 Å². The summed E-state index contributed by atoms with van der Waals surface area (Å²) in [6, 6.07) is 0. The lowest BCUT2D eigenvalue weighted by Crippen LogP contribution is -1.94. The minimum absolute atomic E-state index is 0.0306. The summed E-state index contributed by atoms with van der Waals surface area (Å²) in [7, 11) is 1.73. The summed E-state index contributed by atoms with van der Waals surface area (Å²) in [6.45, 7) is 1.80. The molecule has 0 radical (unpaired) electrons. The van der Waals surface area contributed by atoms with Gasteiger partial charge in [0, 0.05) is 19.7 Å². The number of hydrogen-bond donors (Lipinski definition) is 0. The molecule has 0 aliphatic rings. The smallest absolute Gasteiger partial charge is 0.167 e. The molecule has 11 heavy (non-hydrogen) atoms. The fraction of sp³-hybridized carbons (Fsp3) is 0.429. The highest BCUT2D eigenvalue weighted by Gasteiger charge is 2.10. The van der Waals surface area contributed by atoms with Gasteiger partial charge in [0.05, 0.1) is 5.56 Å². The summed E-state index contributed by atoms with van der Waals surface area (Å²) < 4.78 is 1.53. The summed E-state index contributed by atoms with van der Waals surface area (Å²) >= 11 is 5.67. The van der Waals surface area contributed by atoms with E-state index in [1.807, 2.05) is 0 Å². The molecule has 1 rings (SSSR count). The summed E-state index contributed by atoms with van der Waals surface area (Å²) in [4.78, 5) is 11.1. The van der Waals surface area contributed by atoms with Gasteiger partial charge >= 0.3 is 0 Å². The Morgan fingerprint density at radius 1 is 1.82 bits per heavy atom. The molecule has 4 heteroatoms. The molecular formula is C7H9ClN2O. The van der Waals surface area contributed by atoms with Crippen LogP contribution >= 0.6 is 11.6 Å². The van der Waals surface area contributed by atoms with Crippen LogP contribution in [0.15, 0.2) is 6.20 Å². The van der Waals surface area contributed by atoms with Gasteiger partial charge in [0.2, 0.25) is 0 Å². The van der Waals surface area contributed by atoms with Gasteiger partial charge in [-0.15, -0.1) is 0 Å². The average Bonchev–Trinajstić information content (AvgIpc) is 2.28. The van der Waals surface area contributed by atoms with Crippen molar-refractivity contribution < 1.29 is 4.79 Å². The van der Waals surface area contributed by atoms with Gasteiger partial charge in [-0.3, -0.25) is 9.48 Å². The van der Waals surface area contributed by atoms with Crippen molar-refractivity contribution in [1.82, 2.24) is 9.78 Å². The number of carbonyl (C=O) groups is 1. The van der Waals surface area contributed by atoms with E-state index in [-0.39, 0.29) is 5.78 Å². The van der Waals surface area contributed by atoms with Gasteiger partial charge in [-0.05, 0) is 0 Å². The molecule has 0 aliphatic carbocycles. The van der Waals surface area contributed by atoms with Crippen molar-refractivity contribution in [3.8, 4) is 0 Å². The van der Waals surface area contributed by atoms with Crippen LogP contribution in [-0.2, 0) is 7.05 Å². The van der Waals surface area contributed by atoms with Crippen LogP contribution in [0.2, 0.25) is 5.15 Å². The fourth-order valence-electron chi connectivity index (χ4n) is 0.839. The Balaban J connectivity index is 3.03. The van der Waals surface area contributed by atoms with Crippen LogP contribution in [0.4, 0.5) is 0 Å². The van der Waals surface area contributed by atoms with Gasteiger partial charge in [-0.25, -0.2) is 0 Å². The van der Waals surface area contributed by atoms with Crippen molar-refractivity contribution >= 4 is 17.4 Å². The number of hydrogen-bond acceptors (Lipinski definition) is 2. The van der Waals surface area contributed by atoms with Crippen LogP contribution in [0, 0.1) is 0 Å². The van der Waals surface area contributed by atoms with E-state index in [1.165, 1.54) is 4.68 Å². The zero-order chi connectivity index (χ0) is 8.43. The van der Waals surface area contributed by atoms with E-state index in [0.29, 0.717) is 17.1 Å². The average molecular weight is 173 g/mol. The fourth-order valence-corrected chi connectivity index (χ4v) is 1.11. The maximum absolute atomic E-state index is 11.1. The number of Topliss-reactive ketones (excluding diaryl/α,β-unsaturated/α-hetero) is 1. The molecule has 0 atom stereocenters. The van der Waals surface area contributed by atoms with Crippen LogP contribution in [0.5, 0.6) is 0 Å². The van der Waals surface area contributed by atoms with Crippen molar-refractivity contribution in [3.05, 3.63) is 16.9 Å². The predicted octanol–water partition coefficient (Wildman–Crippen LogP) is 1.67. The molecule has 0 saturated carbocycles. The zero-order valence-corrected chi connectivity index (χ0v) is 7.22. The predicted molar refractivity (Wildman–Crippen MR) is 42.8 cm³/mol. The Morgan fingerprint density at radius 3 is 2.82 bits per heavy atom. The SMILES string of the molecule is CCC(=O)c1cn(C)nc1Cl. The van der Waals surface area contributed by atoms with Gasteiger partial charge in [0.15, 0.2) is 10.9 Å². The van der Waals surface area contributed by atoms with E-state index in [2.05, 4.69) is 5.10 Å². The Hall–Kier alpha value is -0.830. The second-order valence-corrected chi connectivity index (χ2v) is 2.64. The van der Waals surface area contributed by atoms with Crippen LogP contribution in [-0.4, -0.2) is 15.6 Å². The molecule has 0 spiro atoms. The third-order valence-electron chi connectivity index (χ3n) is 1.41. The Kier molecular flexibility index (Phi) is 2.29. The molecule has 0 N–H and O–H groups in total. The first-order valence-corrected chi connectivity index (χ1v) is 3.75. The van der Waals surface area contributed by atoms with Gasteiger partial charge in [0.1, 0.15) is 0 Å². The lowest BCUT2D eigenvalue weighted by molar-refractivity contribution is 0.0988. The lowest BCUT2D eigenvalue weighted by atomic mass is 10.2. The Labute approximate surface area is 70.0 Å². The monoisotopic (exact) mass is 172 g/mol. The molecule has 0 fully saturated rings. The zero-order valence-electron chi connectivity index (χ0n) is 6.47. The summed E-state index contributed by atoms with van der Waals surface area (Å²) in [5.41, 5.74) is 0.511. The second-order valence-electron chi connectivity index (χ2n) is 2.28. The molecule has 1 aromatic heterocycles. The highest BCUT2D eigenvalue weighted by atomic mass is 35.5. The standard InChI is InChI=1S/C7H9ClN2O/c1-3-6(11)5-4-10(2)9-7(5)8/h4H,3H2,1-2H3. The Bertz CT molecular complexity index is 280. The molecule has 0 saturated heterocycles. The first-order valence-electron chi connectivity index (χ1n) is 3.37. The van der Waals surface area contributed by atoms with E-state index < -0.39 is 0 Å². The maximum atomic E-state index is 11.1. The lowest BCUT2D eigenvalue weighted by Gasteiger charge is -1.89. The number of aromatic nitrogens is 2. The summed E-state index contributed by atoms with van der Waals surface area (Å²) in [5, 5.41) is 4.13. The van der Waals surface area contributed by atoms with Crippen molar-refractivity contribution in [2.75, 3.05) is 0 Å². The molecule has 1 heterocycles. The molecule has 0 amide bonds. The second kappa shape index (κ2) is 3.05. The number of aryl methyl sites for hydroxylation is 1. The first kappa shape index (κ1) is 8.27. The molecule has 1 aromatic rings. The van der Waals surface area contributed by atoms with Crippen LogP contribution < -0.4 is 0 Å². The number of nitrogens with zero attached hydrogens (tertiary/aromatic N) is 2. The number of ketones is 1. The minimum Gasteiger partial charge on any atom is -0.294 e. The summed E-state index contributed by atoms with van der Waals surface area (Å²) in [5.74, 6) is 0.0306. The molecule has 3 nitrogen and oxygen atoms in total. The minimum atomic E-state index is 0.0306.